The quantitative estimate of drug-likeness (QED) is 0.384. The maximum absolute atomic E-state index is 14.0. The molecule has 0 N–H and O–H groups in total. The van der Waals surface area contributed by atoms with E-state index in [2.05, 4.69) is 6.07 Å². The first-order chi connectivity index (χ1) is 15.4. The third-order valence-electron chi connectivity index (χ3n) is 5.97. The molecule has 5 heteroatoms. The number of hydrogen-bond donors (Lipinski definition) is 0. The minimum absolute atomic E-state index is 0.0997. The Morgan fingerprint density at radius 1 is 0.812 bits per heavy atom. The summed E-state index contributed by atoms with van der Waals surface area (Å²) in [6, 6.07) is 21.1. The molecular weight excluding hydrogens is 398 g/mol. The van der Waals surface area contributed by atoms with Gasteiger partial charge in [-0.15, -0.1) is 0 Å². The van der Waals surface area contributed by atoms with Crippen LogP contribution in [0.3, 0.4) is 0 Å². The largest absolute Gasteiger partial charge is 0.328 e. The molecule has 2 heterocycles. The molecule has 5 aromatic rings. The lowest BCUT2D eigenvalue weighted by atomic mass is 10.1. The van der Waals surface area contributed by atoms with Crippen LogP contribution in [0.4, 0.5) is 0 Å². The highest BCUT2D eigenvalue weighted by Gasteiger charge is 2.21. The van der Waals surface area contributed by atoms with Gasteiger partial charge in [0.25, 0.3) is 5.56 Å². The average Bonchev–Trinajstić information content (AvgIpc) is 2.76. The van der Waals surface area contributed by atoms with Crippen molar-refractivity contribution in [2.45, 2.75) is 20.8 Å². The van der Waals surface area contributed by atoms with Crippen molar-refractivity contribution in [3.8, 4) is 17.1 Å². The predicted molar refractivity (Wildman–Crippen MR) is 130 cm³/mol. The number of hydrogen-bond acceptors (Lipinski definition) is 3. The van der Waals surface area contributed by atoms with E-state index < -0.39 is 0 Å². The molecule has 5 rings (SSSR count). The molecular formula is C27H23N3O2. The molecule has 5 nitrogen and oxygen atoms in total. The number of fused-ring (bicyclic) bond motifs is 2. The number of benzene rings is 3. The first kappa shape index (κ1) is 19.9. The van der Waals surface area contributed by atoms with Gasteiger partial charge in [0.2, 0.25) is 5.43 Å². The summed E-state index contributed by atoms with van der Waals surface area (Å²) in [5, 5.41) is 0.611. The van der Waals surface area contributed by atoms with E-state index >= 15 is 0 Å². The van der Waals surface area contributed by atoms with Crippen LogP contribution in [0.15, 0.2) is 76.3 Å². The van der Waals surface area contributed by atoms with E-state index in [1.807, 2.05) is 87.0 Å². The van der Waals surface area contributed by atoms with Crippen LogP contribution in [-0.4, -0.2) is 14.1 Å². The molecule has 0 spiro atoms. The van der Waals surface area contributed by atoms with Gasteiger partial charge < -0.3 is 4.57 Å². The summed E-state index contributed by atoms with van der Waals surface area (Å²) in [6.07, 6.45) is 0. The number of aromatic nitrogens is 3. The molecule has 0 radical (unpaired) electrons. The summed E-state index contributed by atoms with van der Waals surface area (Å²) in [5.41, 5.74) is 5.12. The number of aryl methyl sites for hydroxylation is 4. The monoisotopic (exact) mass is 421 g/mol. The highest BCUT2D eigenvalue weighted by atomic mass is 16.1. The normalized spacial score (nSPS) is 11.4. The SMILES string of the molecule is Cc1cc(C)cc(-n2c(-c3ccccc3C)nc3c(c(=O)c4ccccc4n3C)c2=O)c1. The molecule has 0 aliphatic carbocycles. The van der Waals surface area contributed by atoms with Crippen molar-refractivity contribution in [1.29, 1.82) is 0 Å². The third-order valence-corrected chi connectivity index (χ3v) is 5.97. The highest BCUT2D eigenvalue weighted by Crippen LogP contribution is 2.26. The van der Waals surface area contributed by atoms with E-state index in [0.29, 0.717) is 22.5 Å². The zero-order chi connectivity index (χ0) is 22.6. The topological polar surface area (TPSA) is 56.9 Å². The number of rotatable bonds is 2. The molecule has 32 heavy (non-hydrogen) atoms. The Labute approximate surface area is 185 Å². The van der Waals surface area contributed by atoms with Crippen molar-refractivity contribution in [1.82, 2.24) is 14.1 Å². The van der Waals surface area contributed by atoms with Gasteiger partial charge in [0, 0.05) is 18.0 Å². The second-order valence-corrected chi connectivity index (χ2v) is 8.34. The molecule has 0 bridgehead atoms. The fourth-order valence-electron chi connectivity index (χ4n) is 4.48. The number of nitrogens with zero attached hydrogens (tertiary/aromatic N) is 3. The van der Waals surface area contributed by atoms with E-state index in [1.54, 1.807) is 10.6 Å². The van der Waals surface area contributed by atoms with Gasteiger partial charge in [0.05, 0.1) is 11.2 Å². The van der Waals surface area contributed by atoms with Crippen LogP contribution in [0.5, 0.6) is 0 Å². The van der Waals surface area contributed by atoms with Crippen LogP contribution >= 0.6 is 0 Å². The maximum atomic E-state index is 14.0. The van der Waals surface area contributed by atoms with Gasteiger partial charge >= 0.3 is 0 Å². The Balaban J connectivity index is 2.05. The summed E-state index contributed by atoms with van der Waals surface area (Å²) in [6.45, 7) is 5.99. The molecule has 0 unspecified atom stereocenters. The molecule has 2 aromatic heterocycles. The first-order valence-electron chi connectivity index (χ1n) is 10.6. The van der Waals surface area contributed by atoms with Crippen LogP contribution in [0.1, 0.15) is 16.7 Å². The first-order valence-corrected chi connectivity index (χ1v) is 10.6. The highest BCUT2D eigenvalue weighted by molar-refractivity contribution is 5.92. The summed E-state index contributed by atoms with van der Waals surface area (Å²) in [5.74, 6) is 0.524. The fourth-order valence-corrected chi connectivity index (χ4v) is 4.48. The van der Waals surface area contributed by atoms with E-state index in [4.69, 9.17) is 4.98 Å². The van der Waals surface area contributed by atoms with Crippen molar-refractivity contribution < 1.29 is 0 Å². The van der Waals surface area contributed by atoms with Crippen molar-refractivity contribution in [2.24, 2.45) is 7.05 Å². The van der Waals surface area contributed by atoms with Crippen molar-refractivity contribution in [3.05, 3.63) is 104 Å². The Morgan fingerprint density at radius 2 is 1.47 bits per heavy atom. The lowest BCUT2D eigenvalue weighted by Crippen LogP contribution is -2.28. The zero-order valence-corrected chi connectivity index (χ0v) is 18.5. The summed E-state index contributed by atoms with van der Waals surface area (Å²) in [4.78, 5) is 32.3. The van der Waals surface area contributed by atoms with Crippen molar-refractivity contribution in [2.75, 3.05) is 0 Å². The third kappa shape index (κ3) is 2.97. The van der Waals surface area contributed by atoms with Crippen LogP contribution < -0.4 is 11.0 Å². The molecule has 0 fully saturated rings. The average molecular weight is 422 g/mol. The van der Waals surface area contributed by atoms with Gasteiger partial charge in [0.1, 0.15) is 11.2 Å². The van der Waals surface area contributed by atoms with Crippen LogP contribution in [0.25, 0.3) is 39.0 Å². The lowest BCUT2D eigenvalue weighted by molar-refractivity contribution is 0.921. The van der Waals surface area contributed by atoms with Gasteiger partial charge in [-0.1, -0.05) is 42.5 Å². The Kier molecular flexibility index (Phi) is 4.55. The van der Waals surface area contributed by atoms with Crippen molar-refractivity contribution >= 4 is 21.9 Å². The van der Waals surface area contributed by atoms with E-state index in [9.17, 15) is 9.59 Å². The van der Waals surface area contributed by atoms with Crippen molar-refractivity contribution in [3.63, 3.8) is 0 Å². The maximum Gasteiger partial charge on any atom is 0.271 e. The lowest BCUT2D eigenvalue weighted by Gasteiger charge is -2.18. The zero-order valence-electron chi connectivity index (χ0n) is 18.5. The predicted octanol–water partition coefficient (Wildman–Crippen LogP) is 4.83. The number of para-hydroxylation sites is 1. The minimum Gasteiger partial charge on any atom is -0.328 e. The summed E-state index contributed by atoms with van der Waals surface area (Å²) >= 11 is 0. The standard InChI is InChI=1S/C27H23N3O2/c1-16-13-17(2)15-19(14-16)30-25(20-10-6-5-9-18(20)3)28-26-23(27(30)32)24(31)21-11-7-8-12-22(21)29(26)4/h5-15H,1-4H3. The van der Waals surface area contributed by atoms with E-state index in [-0.39, 0.29) is 16.4 Å². The molecule has 158 valence electrons. The second kappa shape index (κ2) is 7.31. The minimum atomic E-state index is -0.357. The Bertz CT molecular complexity index is 1640. The molecule has 0 amide bonds. The molecule has 0 aliphatic heterocycles. The molecule has 0 saturated heterocycles. The second-order valence-electron chi connectivity index (χ2n) is 8.34. The Morgan fingerprint density at radius 3 is 2.19 bits per heavy atom. The van der Waals surface area contributed by atoms with Crippen LogP contribution in [0, 0.1) is 20.8 Å². The molecule has 0 aliphatic rings. The van der Waals surface area contributed by atoms with Gasteiger partial charge in [-0.25, -0.2) is 4.98 Å². The smallest absolute Gasteiger partial charge is 0.271 e. The van der Waals surface area contributed by atoms with Gasteiger partial charge in [0.15, 0.2) is 5.65 Å². The summed E-state index contributed by atoms with van der Waals surface area (Å²) in [7, 11) is 1.85. The van der Waals surface area contributed by atoms with Gasteiger partial charge in [-0.05, 0) is 61.7 Å². The summed E-state index contributed by atoms with van der Waals surface area (Å²) < 4.78 is 3.42. The molecule has 3 aromatic carbocycles. The van der Waals surface area contributed by atoms with E-state index in [1.165, 1.54) is 0 Å². The molecule has 0 atom stereocenters. The van der Waals surface area contributed by atoms with Gasteiger partial charge in [-0.3, -0.25) is 14.2 Å². The van der Waals surface area contributed by atoms with Gasteiger partial charge in [-0.2, -0.15) is 0 Å². The van der Waals surface area contributed by atoms with Crippen LogP contribution in [0.2, 0.25) is 0 Å². The molecule has 0 saturated carbocycles. The number of pyridine rings is 1. The fraction of sp³-hybridized carbons (Fsp3) is 0.148. The van der Waals surface area contributed by atoms with Crippen LogP contribution in [-0.2, 0) is 7.05 Å². The Hall–Kier alpha value is -3.99. The van der Waals surface area contributed by atoms with E-state index in [0.717, 1.165) is 27.8 Å².